The van der Waals surface area contributed by atoms with Gasteiger partial charge in [0.05, 0.1) is 11.8 Å². The summed E-state index contributed by atoms with van der Waals surface area (Å²) >= 11 is 0. The number of nitrogens with zero attached hydrogens (tertiary/aromatic N) is 1. The number of carbonyl (C=O) groups is 3. The summed E-state index contributed by atoms with van der Waals surface area (Å²) in [4.78, 5) is 38.0. The highest BCUT2D eigenvalue weighted by atomic mass is 16.2. The largest absolute Gasteiger partial charge is 0.356 e. The predicted molar refractivity (Wildman–Crippen MR) is 91.0 cm³/mol. The van der Waals surface area contributed by atoms with Gasteiger partial charge < -0.3 is 5.32 Å². The van der Waals surface area contributed by atoms with Crippen LogP contribution in [0.4, 0.5) is 0 Å². The van der Waals surface area contributed by atoms with Crippen LogP contribution in [0.1, 0.15) is 64.2 Å². The maximum Gasteiger partial charge on any atom is 0.233 e. The zero-order valence-corrected chi connectivity index (χ0v) is 14.4. The lowest BCUT2D eigenvalue weighted by atomic mass is 9.81. The summed E-state index contributed by atoms with van der Waals surface area (Å²) in [5.41, 5.74) is 1.44. The van der Waals surface area contributed by atoms with Crippen molar-refractivity contribution in [2.24, 2.45) is 11.8 Å². The summed E-state index contributed by atoms with van der Waals surface area (Å²) in [5, 5.41) is 2.92. The van der Waals surface area contributed by atoms with Crippen LogP contribution in [0.3, 0.4) is 0 Å². The highest BCUT2D eigenvalue weighted by Gasteiger charge is 2.47. The van der Waals surface area contributed by atoms with E-state index in [1.165, 1.54) is 23.3 Å². The van der Waals surface area contributed by atoms with E-state index in [0.29, 0.717) is 6.54 Å². The van der Waals surface area contributed by atoms with Crippen molar-refractivity contribution in [3.05, 3.63) is 11.6 Å². The Labute approximate surface area is 143 Å². The molecule has 5 nitrogen and oxygen atoms in total. The molecular formula is C19H28N2O3. The summed E-state index contributed by atoms with van der Waals surface area (Å²) < 4.78 is 0. The molecule has 1 heterocycles. The van der Waals surface area contributed by atoms with E-state index in [2.05, 4.69) is 11.4 Å². The Morgan fingerprint density at radius 1 is 1.08 bits per heavy atom. The lowest BCUT2D eigenvalue weighted by molar-refractivity contribution is -0.140. The summed E-state index contributed by atoms with van der Waals surface area (Å²) in [6.45, 7) is 0.886. The Kier molecular flexibility index (Phi) is 5.69. The molecule has 0 unspecified atom stereocenters. The maximum absolute atomic E-state index is 12.3. The van der Waals surface area contributed by atoms with Gasteiger partial charge in [-0.15, -0.1) is 0 Å². The van der Waals surface area contributed by atoms with E-state index in [-0.39, 0.29) is 42.5 Å². The minimum absolute atomic E-state index is 0.0511. The van der Waals surface area contributed by atoms with Crippen LogP contribution in [0.2, 0.25) is 0 Å². The van der Waals surface area contributed by atoms with E-state index in [1.54, 1.807) is 0 Å². The van der Waals surface area contributed by atoms with Crippen LogP contribution >= 0.6 is 0 Å². The van der Waals surface area contributed by atoms with Crippen LogP contribution in [0.25, 0.3) is 0 Å². The fourth-order valence-electron chi connectivity index (χ4n) is 4.25. The first kappa shape index (κ1) is 17.2. The van der Waals surface area contributed by atoms with Gasteiger partial charge in [0, 0.05) is 19.5 Å². The second kappa shape index (κ2) is 7.95. The number of fused-ring (bicyclic) bond motifs is 1. The number of hydrogen-bond donors (Lipinski definition) is 1. The summed E-state index contributed by atoms with van der Waals surface area (Å²) in [6, 6.07) is 0. The van der Waals surface area contributed by atoms with Crippen LogP contribution in [-0.2, 0) is 14.4 Å². The van der Waals surface area contributed by atoms with Gasteiger partial charge >= 0.3 is 0 Å². The fourth-order valence-corrected chi connectivity index (χ4v) is 4.25. The first-order valence-electron chi connectivity index (χ1n) is 9.46. The van der Waals surface area contributed by atoms with Gasteiger partial charge in [0.2, 0.25) is 17.7 Å². The van der Waals surface area contributed by atoms with Crippen molar-refractivity contribution in [3.8, 4) is 0 Å². The highest BCUT2D eigenvalue weighted by Crippen LogP contribution is 2.37. The molecule has 132 valence electrons. The van der Waals surface area contributed by atoms with Gasteiger partial charge in [-0.25, -0.2) is 0 Å². The van der Waals surface area contributed by atoms with Gasteiger partial charge in [-0.1, -0.05) is 24.5 Å². The first-order valence-corrected chi connectivity index (χ1v) is 9.46. The Bertz CT molecular complexity index is 517. The molecular weight excluding hydrogens is 304 g/mol. The van der Waals surface area contributed by atoms with Crippen molar-refractivity contribution in [3.63, 3.8) is 0 Å². The molecule has 1 N–H and O–H groups in total. The fraction of sp³-hybridized carbons (Fsp3) is 0.737. The number of allylic oxidation sites excluding steroid dienone is 1. The third-order valence-electron chi connectivity index (χ3n) is 5.65. The molecule has 1 saturated heterocycles. The van der Waals surface area contributed by atoms with Gasteiger partial charge in [0.15, 0.2) is 0 Å². The van der Waals surface area contributed by atoms with E-state index in [9.17, 15) is 14.4 Å². The van der Waals surface area contributed by atoms with E-state index >= 15 is 0 Å². The van der Waals surface area contributed by atoms with Crippen molar-refractivity contribution in [1.82, 2.24) is 10.2 Å². The van der Waals surface area contributed by atoms with E-state index in [4.69, 9.17) is 0 Å². The van der Waals surface area contributed by atoms with Gasteiger partial charge in [-0.05, 0) is 44.9 Å². The number of amides is 3. The molecule has 5 heteroatoms. The van der Waals surface area contributed by atoms with Gasteiger partial charge in [0.25, 0.3) is 0 Å². The van der Waals surface area contributed by atoms with Gasteiger partial charge in [-0.2, -0.15) is 0 Å². The Balaban J connectivity index is 1.40. The lowest BCUT2D eigenvalue weighted by Gasteiger charge is -2.19. The number of imide groups is 1. The molecule has 3 aliphatic rings. The highest BCUT2D eigenvalue weighted by molar-refractivity contribution is 6.05. The van der Waals surface area contributed by atoms with E-state index in [1.807, 2.05) is 0 Å². The zero-order valence-electron chi connectivity index (χ0n) is 14.4. The molecule has 3 rings (SSSR count). The molecule has 0 aromatic rings. The molecule has 2 fully saturated rings. The van der Waals surface area contributed by atoms with Crippen molar-refractivity contribution >= 4 is 17.7 Å². The molecule has 1 saturated carbocycles. The summed E-state index contributed by atoms with van der Waals surface area (Å²) in [6.07, 6.45) is 12.0. The molecule has 2 atom stereocenters. The molecule has 2 aliphatic carbocycles. The number of nitrogens with one attached hydrogen (secondary N) is 1. The minimum atomic E-state index is -0.118. The predicted octanol–water partition coefficient (Wildman–Crippen LogP) is 2.56. The molecule has 0 aromatic carbocycles. The van der Waals surface area contributed by atoms with Crippen molar-refractivity contribution in [1.29, 1.82) is 0 Å². The summed E-state index contributed by atoms with van der Waals surface area (Å²) in [5.74, 6) is -0.406. The molecule has 0 radical (unpaired) electrons. The topological polar surface area (TPSA) is 66.5 Å². The third-order valence-corrected chi connectivity index (χ3v) is 5.65. The van der Waals surface area contributed by atoms with Crippen LogP contribution in [0.15, 0.2) is 11.6 Å². The second-order valence-corrected chi connectivity index (χ2v) is 7.28. The molecule has 3 amide bonds. The Morgan fingerprint density at radius 3 is 2.42 bits per heavy atom. The standard InChI is InChI=1S/C19H28N2O3/c22-17(20-12-10-14-6-2-1-3-7-14)11-13-21-18(23)15-8-4-5-9-16(15)19(21)24/h6,15-16H,1-5,7-13H2,(H,20,22)/t15-,16+. The number of hydrogen-bond acceptors (Lipinski definition) is 3. The third kappa shape index (κ3) is 3.87. The zero-order chi connectivity index (χ0) is 16.9. The lowest BCUT2D eigenvalue weighted by Crippen LogP contribution is -2.35. The number of carbonyl (C=O) groups excluding carboxylic acids is 3. The van der Waals surface area contributed by atoms with Crippen molar-refractivity contribution in [2.75, 3.05) is 13.1 Å². The Hall–Kier alpha value is -1.65. The van der Waals surface area contributed by atoms with Gasteiger partial charge in [-0.3, -0.25) is 19.3 Å². The average molecular weight is 332 g/mol. The molecule has 1 aliphatic heterocycles. The van der Waals surface area contributed by atoms with Crippen LogP contribution in [0.5, 0.6) is 0 Å². The monoisotopic (exact) mass is 332 g/mol. The molecule has 24 heavy (non-hydrogen) atoms. The smallest absolute Gasteiger partial charge is 0.233 e. The maximum atomic E-state index is 12.3. The van der Waals surface area contributed by atoms with E-state index < -0.39 is 0 Å². The van der Waals surface area contributed by atoms with Crippen LogP contribution in [-0.4, -0.2) is 35.7 Å². The average Bonchev–Trinajstić information content (AvgIpc) is 2.85. The van der Waals surface area contributed by atoms with Crippen molar-refractivity contribution in [2.45, 2.75) is 64.2 Å². The molecule has 0 spiro atoms. The first-order chi connectivity index (χ1) is 11.7. The van der Waals surface area contributed by atoms with Crippen molar-refractivity contribution < 1.29 is 14.4 Å². The second-order valence-electron chi connectivity index (χ2n) is 7.28. The molecule has 0 bridgehead atoms. The quantitative estimate of drug-likeness (QED) is 0.600. The SMILES string of the molecule is O=C(CCN1C(=O)[C@H]2CCCC[C@H]2C1=O)NCCC1=CCCCC1. The summed E-state index contributed by atoms with van der Waals surface area (Å²) in [7, 11) is 0. The van der Waals surface area contributed by atoms with Crippen LogP contribution in [0, 0.1) is 11.8 Å². The van der Waals surface area contributed by atoms with Gasteiger partial charge in [0.1, 0.15) is 0 Å². The van der Waals surface area contributed by atoms with E-state index in [0.717, 1.165) is 44.9 Å². The normalized spacial score (nSPS) is 27.0. The van der Waals surface area contributed by atoms with Crippen LogP contribution < -0.4 is 5.32 Å². The minimum Gasteiger partial charge on any atom is -0.356 e. The Morgan fingerprint density at radius 2 is 1.79 bits per heavy atom. The number of rotatable bonds is 6. The molecule has 0 aromatic heterocycles. The number of likely N-dealkylation sites (tertiary alicyclic amines) is 1.